The van der Waals surface area contributed by atoms with E-state index in [1.54, 1.807) is 14.0 Å². The van der Waals surface area contributed by atoms with Gasteiger partial charge in [-0.2, -0.15) is 0 Å². The third-order valence-corrected chi connectivity index (χ3v) is 2.61. The number of ether oxygens (including phenoxy) is 2. The Morgan fingerprint density at radius 2 is 2.50 bits per heavy atom. The number of hydrogen-bond donors (Lipinski definition) is 0. The molecule has 0 spiro atoms. The second-order valence-corrected chi connectivity index (χ2v) is 4.01. The van der Waals surface area contributed by atoms with E-state index in [9.17, 15) is 4.79 Å². The van der Waals surface area contributed by atoms with Crippen LogP contribution in [-0.4, -0.2) is 49.8 Å². The summed E-state index contributed by atoms with van der Waals surface area (Å²) in [7, 11) is 1.67. The summed E-state index contributed by atoms with van der Waals surface area (Å²) < 4.78 is 10.9. The maximum atomic E-state index is 11.7. The van der Waals surface area contributed by atoms with Crippen LogP contribution in [0.15, 0.2) is 0 Å². The van der Waals surface area contributed by atoms with E-state index in [2.05, 4.69) is 5.92 Å². The number of amides is 1. The summed E-state index contributed by atoms with van der Waals surface area (Å²) in [5.74, 6) is 2.34. The minimum absolute atomic E-state index is 0.0871. The van der Waals surface area contributed by atoms with Gasteiger partial charge < -0.3 is 14.4 Å². The zero-order chi connectivity index (χ0) is 12.0. The van der Waals surface area contributed by atoms with Crippen molar-refractivity contribution in [2.24, 2.45) is 0 Å². The molecule has 16 heavy (non-hydrogen) atoms. The molecule has 0 aliphatic carbocycles. The van der Waals surface area contributed by atoms with Gasteiger partial charge >= 0.3 is 0 Å². The predicted octanol–water partition coefficient (Wildman–Crippen LogP) is 0.662. The molecular weight excluding hydrogens is 206 g/mol. The molecule has 0 aromatic heterocycles. The molecule has 1 rings (SSSR count). The zero-order valence-corrected chi connectivity index (χ0v) is 9.94. The number of likely N-dealkylation sites (N-methyl/N-ethyl adjacent to an activating group) is 1. The molecule has 2 atom stereocenters. The Hall–Kier alpha value is -1.05. The first-order chi connectivity index (χ1) is 7.65. The fourth-order valence-corrected chi connectivity index (χ4v) is 1.62. The molecule has 1 aliphatic heterocycles. The number of nitrogens with zero attached hydrogens (tertiary/aromatic N) is 1. The van der Waals surface area contributed by atoms with E-state index in [1.165, 1.54) is 4.90 Å². The first-order valence-electron chi connectivity index (χ1n) is 5.56. The Bertz CT molecular complexity index is 266. The van der Waals surface area contributed by atoms with Gasteiger partial charge in [0, 0.05) is 13.7 Å². The van der Waals surface area contributed by atoms with Gasteiger partial charge in [0.25, 0.3) is 5.91 Å². The van der Waals surface area contributed by atoms with Crippen molar-refractivity contribution in [3.63, 3.8) is 0 Å². The molecule has 1 fully saturated rings. The Labute approximate surface area is 96.9 Å². The maximum absolute atomic E-state index is 11.7. The standard InChI is InChI=1S/C12H19NO3/c1-4-7-13(3)12(14)10(2)16-9-11-6-5-8-15-11/h1,10-11H,5-9H2,2-3H3/t10-,11+/m0/s1. The second kappa shape index (κ2) is 6.51. The number of carbonyl (C=O) groups is 1. The fourth-order valence-electron chi connectivity index (χ4n) is 1.62. The highest BCUT2D eigenvalue weighted by atomic mass is 16.5. The van der Waals surface area contributed by atoms with Gasteiger partial charge in [-0.15, -0.1) is 6.42 Å². The molecule has 1 saturated heterocycles. The molecule has 0 radical (unpaired) electrons. The van der Waals surface area contributed by atoms with Crippen LogP contribution in [0.2, 0.25) is 0 Å². The van der Waals surface area contributed by atoms with Crippen LogP contribution < -0.4 is 0 Å². The Morgan fingerprint density at radius 3 is 3.06 bits per heavy atom. The summed E-state index contributed by atoms with van der Waals surface area (Å²) in [5.41, 5.74) is 0. The van der Waals surface area contributed by atoms with Gasteiger partial charge in [0.1, 0.15) is 6.10 Å². The van der Waals surface area contributed by atoms with Crippen LogP contribution in [-0.2, 0) is 14.3 Å². The van der Waals surface area contributed by atoms with Crippen molar-refractivity contribution in [1.29, 1.82) is 0 Å². The lowest BCUT2D eigenvalue weighted by molar-refractivity contribution is -0.142. The van der Waals surface area contributed by atoms with Crippen LogP contribution in [0.3, 0.4) is 0 Å². The molecule has 4 heteroatoms. The number of hydrogen-bond acceptors (Lipinski definition) is 3. The van der Waals surface area contributed by atoms with E-state index in [4.69, 9.17) is 15.9 Å². The van der Waals surface area contributed by atoms with Gasteiger partial charge in [0.15, 0.2) is 0 Å². The van der Waals surface area contributed by atoms with Gasteiger partial charge in [0.05, 0.1) is 19.3 Å². The average molecular weight is 225 g/mol. The molecule has 90 valence electrons. The first-order valence-corrected chi connectivity index (χ1v) is 5.56. The molecule has 0 bridgehead atoms. The van der Waals surface area contributed by atoms with Crippen molar-refractivity contribution >= 4 is 5.91 Å². The topological polar surface area (TPSA) is 38.8 Å². The van der Waals surface area contributed by atoms with Crippen molar-refractivity contribution in [1.82, 2.24) is 4.90 Å². The minimum atomic E-state index is -0.456. The van der Waals surface area contributed by atoms with Crippen LogP contribution in [0.4, 0.5) is 0 Å². The van der Waals surface area contributed by atoms with Crippen LogP contribution in [0.1, 0.15) is 19.8 Å². The van der Waals surface area contributed by atoms with E-state index in [0.717, 1.165) is 19.4 Å². The van der Waals surface area contributed by atoms with Gasteiger partial charge in [0.2, 0.25) is 0 Å². The normalized spacial score (nSPS) is 21.4. The van der Waals surface area contributed by atoms with Gasteiger partial charge in [-0.1, -0.05) is 5.92 Å². The van der Waals surface area contributed by atoms with E-state index in [1.807, 2.05) is 0 Å². The molecule has 0 aromatic carbocycles. The fraction of sp³-hybridized carbons (Fsp3) is 0.750. The smallest absolute Gasteiger partial charge is 0.251 e. The number of terminal acetylenes is 1. The van der Waals surface area contributed by atoms with Crippen molar-refractivity contribution in [2.45, 2.75) is 32.0 Å². The summed E-state index contributed by atoms with van der Waals surface area (Å²) in [4.78, 5) is 13.2. The van der Waals surface area contributed by atoms with Crippen LogP contribution in [0, 0.1) is 12.3 Å². The summed E-state index contributed by atoms with van der Waals surface area (Å²) in [6.07, 6.45) is 6.92. The summed E-state index contributed by atoms with van der Waals surface area (Å²) in [6.45, 7) is 3.33. The molecule has 1 amide bonds. The number of carbonyl (C=O) groups excluding carboxylic acids is 1. The average Bonchev–Trinajstić information content (AvgIpc) is 2.78. The van der Waals surface area contributed by atoms with Crippen molar-refractivity contribution in [3.05, 3.63) is 0 Å². The molecule has 0 unspecified atom stereocenters. The van der Waals surface area contributed by atoms with Crippen molar-refractivity contribution < 1.29 is 14.3 Å². The monoisotopic (exact) mass is 225 g/mol. The van der Waals surface area contributed by atoms with Gasteiger partial charge in [-0.25, -0.2) is 0 Å². The van der Waals surface area contributed by atoms with Crippen LogP contribution in [0.25, 0.3) is 0 Å². The summed E-state index contributed by atoms with van der Waals surface area (Å²) >= 11 is 0. The van der Waals surface area contributed by atoms with Gasteiger partial charge in [-0.3, -0.25) is 4.79 Å². The summed E-state index contributed by atoms with van der Waals surface area (Å²) in [6, 6.07) is 0. The van der Waals surface area contributed by atoms with Crippen LogP contribution in [0.5, 0.6) is 0 Å². The van der Waals surface area contributed by atoms with Crippen LogP contribution >= 0.6 is 0 Å². The van der Waals surface area contributed by atoms with Crippen molar-refractivity contribution in [3.8, 4) is 12.3 Å². The molecule has 1 heterocycles. The van der Waals surface area contributed by atoms with Gasteiger partial charge in [-0.05, 0) is 19.8 Å². The molecular formula is C12H19NO3. The van der Waals surface area contributed by atoms with E-state index in [0.29, 0.717) is 13.2 Å². The molecule has 0 saturated carbocycles. The lowest BCUT2D eigenvalue weighted by atomic mass is 10.2. The quantitative estimate of drug-likeness (QED) is 0.645. The predicted molar refractivity (Wildman–Crippen MR) is 60.9 cm³/mol. The Balaban J connectivity index is 2.25. The third kappa shape index (κ3) is 3.84. The molecule has 4 nitrogen and oxygen atoms in total. The van der Waals surface area contributed by atoms with E-state index in [-0.39, 0.29) is 12.0 Å². The Kier molecular flexibility index (Phi) is 5.30. The summed E-state index contributed by atoms with van der Waals surface area (Å²) in [5, 5.41) is 0. The minimum Gasteiger partial charge on any atom is -0.376 e. The Morgan fingerprint density at radius 1 is 1.75 bits per heavy atom. The molecule has 0 N–H and O–H groups in total. The third-order valence-electron chi connectivity index (χ3n) is 2.61. The highest BCUT2D eigenvalue weighted by Crippen LogP contribution is 2.13. The molecule has 0 aromatic rings. The second-order valence-electron chi connectivity index (χ2n) is 4.01. The molecule has 1 aliphatic rings. The largest absolute Gasteiger partial charge is 0.376 e. The van der Waals surface area contributed by atoms with E-state index >= 15 is 0 Å². The lowest BCUT2D eigenvalue weighted by Crippen LogP contribution is -2.37. The number of rotatable bonds is 5. The highest BCUT2D eigenvalue weighted by Gasteiger charge is 2.21. The first kappa shape index (κ1) is 13.0. The lowest BCUT2D eigenvalue weighted by Gasteiger charge is -2.20. The van der Waals surface area contributed by atoms with Crippen molar-refractivity contribution in [2.75, 3.05) is 26.8 Å². The SMILES string of the molecule is C#CCN(C)C(=O)[C@H](C)OC[C@H]1CCCO1. The maximum Gasteiger partial charge on any atom is 0.251 e. The zero-order valence-electron chi connectivity index (χ0n) is 9.94. The highest BCUT2D eigenvalue weighted by molar-refractivity contribution is 5.80. The van der Waals surface area contributed by atoms with E-state index < -0.39 is 6.10 Å².